The lowest BCUT2D eigenvalue weighted by molar-refractivity contribution is -0.112. The number of hydrogen-bond donors (Lipinski definition) is 4. The molecule has 0 saturated carbocycles. The van der Waals surface area contributed by atoms with E-state index in [1.807, 2.05) is 153 Å². The standard InChI is InChI=1S/C28H20N2O3S.C27H26N2O2S/c31-27(21-15-13-20(14-16-21)19-7-2-1-3-8-19)29-23-10-6-11-24(18-23)30-28(32)26-17-22-9-4-5-12-25(22)34(26)33;1-27(2,18-29-26(31)24-16-22-10-6-7-11-23(22)32-24)17-28-25(30)21-14-12-20(13-15-21)19-8-4-3-5-9-19/h1-18H,(H,29,31)(H,30,32);3-16H,17-18H2,1-2H3,(H,28,30)(H,29,31). The highest BCUT2D eigenvalue weighted by Crippen LogP contribution is 2.31. The molecule has 4 amide bonds. The van der Waals surface area contributed by atoms with Crippen LogP contribution in [0.5, 0.6) is 0 Å². The second-order valence-electron chi connectivity index (χ2n) is 16.4. The third-order valence-corrected chi connectivity index (χ3v) is 13.4. The van der Waals surface area contributed by atoms with E-state index >= 15 is 0 Å². The number of benzene rings is 7. The van der Waals surface area contributed by atoms with Gasteiger partial charge in [0.15, 0.2) is 0 Å². The third-order valence-electron chi connectivity index (χ3n) is 10.8. The number of nitrogens with one attached hydrogen (secondary N) is 4. The summed E-state index contributed by atoms with van der Waals surface area (Å²) in [5.41, 5.74) is 6.99. The van der Waals surface area contributed by atoms with Crippen molar-refractivity contribution in [3.8, 4) is 22.3 Å². The molecule has 1 aromatic heterocycles. The molecule has 2 heterocycles. The molecular weight excluding hydrogens is 861 g/mol. The average molecular weight is 907 g/mol. The van der Waals surface area contributed by atoms with Crippen LogP contribution in [0, 0.1) is 5.41 Å². The number of rotatable bonds is 12. The van der Waals surface area contributed by atoms with E-state index in [0.717, 1.165) is 37.9 Å². The Morgan fingerprint density at radius 3 is 1.59 bits per heavy atom. The van der Waals surface area contributed by atoms with Gasteiger partial charge in [0.25, 0.3) is 23.6 Å². The molecule has 328 valence electrons. The van der Waals surface area contributed by atoms with Crippen molar-refractivity contribution in [2.24, 2.45) is 5.41 Å². The molecular formula is C55H46N4O5S2. The van der Waals surface area contributed by atoms with Crippen molar-refractivity contribution >= 4 is 73.3 Å². The van der Waals surface area contributed by atoms with Crippen LogP contribution in [0.1, 0.15) is 49.8 Å². The smallest absolute Gasteiger partial charge is 0.265 e. The van der Waals surface area contributed by atoms with Crippen LogP contribution < -0.4 is 21.3 Å². The highest BCUT2D eigenvalue weighted by molar-refractivity contribution is 7.90. The van der Waals surface area contributed by atoms with Crippen molar-refractivity contribution in [1.29, 1.82) is 0 Å². The largest absolute Gasteiger partial charge is 0.351 e. The summed E-state index contributed by atoms with van der Waals surface area (Å²) in [6.07, 6.45) is 1.64. The van der Waals surface area contributed by atoms with Gasteiger partial charge in [-0.1, -0.05) is 141 Å². The molecule has 1 unspecified atom stereocenters. The minimum absolute atomic E-state index is 0.0814. The third kappa shape index (κ3) is 11.1. The van der Waals surface area contributed by atoms with Gasteiger partial charge in [-0.15, -0.1) is 11.3 Å². The highest BCUT2D eigenvalue weighted by atomic mass is 32.2. The normalized spacial score (nSPS) is 12.8. The molecule has 1 atom stereocenters. The lowest BCUT2D eigenvalue weighted by Crippen LogP contribution is -2.41. The Bertz CT molecular complexity index is 3060. The van der Waals surface area contributed by atoms with Gasteiger partial charge in [0.2, 0.25) is 0 Å². The Balaban J connectivity index is 0.000000180. The molecule has 4 N–H and O–H groups in total. The summed E-state index contributed by atoms with van der Waals surface area (Å²) < 4.78 is 13.7. The SMILES string of the molecule is CC(C)(CNC(=O)c1ccc(-c2ccccc2)cc1)CNC(=O)c1cc2ccccc2s1.O=C(Nc1cccc(NC(=O)c2ccc(-c3ccccc3)cc2)c1)C1=Cc2ccccc2S1=O. The zero-order chi connectivity index (χ0) is 46.0. The van der Waals surface area contributed by atoms with Crippen LogP contribution in [0.2, 0.25) is 0 Å². The van der Waals surface area contributed by atoms with E-state index in [4.69, 9.17) is 0 Å². The number of thiophene rings is 1. The number of hydrogen-bond acceptors (Lipinski definition) is 6. The fourth-order valence-corrected chi connectivity index (χ4v) is 9.39. The van der Waals surface area contributed by atoms with Crippen molar-refractivity contribution in [1.82, 2.24) is 10.6 Å². The molecule has 0 radical (unpaired) electrons. The average Bonchev–Trinajstić information content (AvgIpc) is 3.95. The molecule has 0 spiro atoms. The highest BCUT2D eigenvalue weighted by Gasteiger charge is 2.26. The van der Waals surface area contributed by atoms with Gasteiger partial charge in [0.1, 0.15) is 4.91 Å². The van der Waals surface area contributed by atoms with E-state index in [-0.39, 0.29) is 28.0 Å². The zero-order valence-electron chi connectivity index (χ0n) is 36.2. The van der Waals surface area contributed by atoms with E-state index < -0.39 is 16.7 Å². The molecule has 0 aliphatic carbocycles. The second-order valence-corrected chi connectivity index (χ2v) is 18.9. The van der Waals surface area contributed by atoms with Crippen LogP contribution >= 0.6 is 11.3 Å². The first-order valence-corrected chi connectivity index (χ1v) is 23.3. The van der Waals surface area contributed by atoms with Crippen molar-refractivity contribution in [2.45, 2.75) is 18.7 Å². The summed E-state index contributed by atoms with van der Waals surface area (Å²) in [6.45, 7) is 4.97. The van der Waals surface area contributed by atoms with Gasteiger partial charge >= 0.3 is 0 Å². The van der Waals surface area contributed by atoms with E-state index in [2.05, 4.69) is 21.3 Å². The van der Waals surface area contributed by atoms with Crippen LogP contribution in [-0.4, -0.2) is 40.9 Å². The first kappa shape index (κ1) is 44.9. The molecule has 11 heteroatoms. The van der Waals surface area contributed by atoms with E-state index in [1.165, 1.54) is 11.3 Å². The Morgan fingerprint density at radius 1 is 0.500 bits per heavy atom. The van der Waals surface area contributed by atoms with Gasteiger partial charge in [0, 0.05) is 40.3 Å². The van der Waals surface area contributed by atoms with E-state index in [9.17, 15) is 23.4 Å². The van der Waals surface area contributed by atoms with Gasteiger partial charge in [-0.2, -0.15) is 0 Å². The van der Waals surface area contributed by atoms with Crippen LogP contribution in [0.4, 0.5) is 11.4 Å². The maximum atomic E-state index is 12.7. The fourth-order valence-electron chi connectivity index (χ4n) is 7.18. The zero-order valence-corrected chi connectivity index (χ0v) is 37.9. The van der Waals surface area contributed by atoms with Gasteiger partial charge in [0.05, 0.1) is 20.6 Å². The predicted molar refractivity (Wildman–Crippen MR) is 268 cm³/mol. The van der Waals surface area contributed by atoms with Crippen molar-refractivity contribution in [2.75, 3.05) is 23.7 Å². The minimum atomic E-state index is -1.52. The van der Waals surface area contributed by atoms with Crippen molar-refractivity contribution in [3.05, 3.63) is 215 Å². The molecule has 0 fully saturated rings. The molecule has 9 rings (SSSR count). The van der Waals surface area contributed by atoms with Crippen LogP contribution in [0.25, 0.3) is 38.4 Å². The lowest BCUT2D eigenvalue weighted by Gasteiger charge is -2.25. The summed E-state index contributed by atoms with van der Waals surface area (Å²) in [5.74, 6) is -0.886. The summed E-state index contributed by atoms with van der Waals surface area (Å²) >= 11 is 1.49. The van der Waals surface area contributed by atoms with E-state index in [0.29, 0.717) is 45.4 Å². The van der Waals surface area contributed by atoms with Crippen LogP contribution in [-0.2, 0) is 15.6 Å². The number of anilines is 2. The molecule has 9 nitrogen and oxygen atoms in total. The Morgan fingerprint density at radius 2 is 1.00 bits per heavy atom. The Kier molecular flexibility index (Phi) is 13.9. The fraction of sp³-hybridized carbons (Fsp3) is 0.0909. The minimum Gasteiger partial charge on any atom is -0.351 e. The topological polar surface area (TPSA) is 133 Å². The maximum Gasteiger partial charge on any atom is 0.265 e. The summed E-state index contributed by atoms with van der Waals surface area (Å²) in [4.78, 5) is 52.2. The van der Waals surface area contributed by atoms with Gasteiger partial charge in [-0.3, -0.25) is 19.2 Å². The molecule has 7 aromatic carbocycles. The summed E-state index contributed by atoms with van der Waals surface area (Å²) in [5, 5.41) is 12.7. The maximum absolute atomic E-state index is 12.7. The van der Waals surface area contributed by atoms with Crippen LogP contribution in [0.3, 0.4) is 0 Å². The Hall–Kier alpha value is -7.73. The molecule has 66 heavy (non-hydrogen) atoms. The number of carbonyl (C=O) groups is 4. The molecule has 8 aromatic rings. The number of amides is 4. The van der Waals surface area contributed by atoms with Crippen LogP contribution in [0.15, 0.2) is 198 Å². The predicted octanol–water partition coefficient (Wildman–Crippen LogP) is 11.5. The van der Waals surface area contributed by atoms with E-state index in [1.54, 1.807) is 54.6 Å². The monoisotopic (exact) mass is 906 g/mol. The number of carbonyl (C=O) groups excluding carboxylic acids is 4. The first-order valence-electron chi connectivity index (χ1n) is 21.3. The Labute approximate surface area is 390 Å². The van der Waals surface area contributed by atoms with Gasteiger partial charge in [-0.05, 0) is 105 Å². The second kappa shape index (κ2) is 20.4. The molecule has 1 aliphatic rings. The van der Waals surface area contributed by atoms with Crippen molar-refractivity contribution < 1.29 is 23.4 Å². The molecule has 1 aliphatic heterocycles. The summed E-state index contributed by atoms with van der Waals surface area (Å²) in [7, 11) is -1.52. The molecule has 0 bridgehead atoms. The van der Waals surface area contributed by atoms with Gasteiger partial charge in [-0.25, -0.2) is 4.21 Å². The lowest BCUT2D eigenvalue weighted by atomic mass is 9.93. The summed E-state index contributed by atoms with van der Waals surface area (Å²) in [6, 6.07) is 59.0. The van der Waals surface area contributed by atoms with Gasteiger partial charge < -0.3 is 21.3 Å². The van der Waals surface area contributed by atoms with Crippen molar-refractivity contribution in [3.63, 3.8) is 0 Å². The number of fused-ring (bicyclic) bond motifs is 2. The first-order chi connectivity index (χ1) is 32.0. The quantitative estimate of drug-likeness (QED) is 0.0969. The molecule has 0 saturated heterocycles.